The third-order valence-corrected chi connectivity index (χ3v) is 2.65. The summed E-state index contributed by atoms with van der Waals surface area (Å²) in [6.45, 7) is 4.56. The van der Waals surface area contributed by atoms with Crippen LogP contribution in [0.25, 0.3) is 0 Å². The average Bonchev–Trinajstić information content (AvgIpc) is 2.27. The van der Waals surface area contributed by atoms with E-state index in [0.717, 1.165) is 17.0 Å². The number of rotatable bonds is 2. The smallest absolute Gasteiger partial charge is 0.265 e. The fraction of sp³-hybridized carbons (Fsp3) is 0.417. The molecule has 0 radical (unpaired) electrons. The van der Waals surface area contributed by atoms with Crippen LogP contribution in [0.15, 0.2) is 18.2 Å². The van der Waals surface area contributed by atoms with Crippen LogP contribution in [0.3, 0.4) is 0 Å². The van der Waals surface area contributed by atoms with Crippen LogP contribution in [0.5, 0.6) is 5.75 Å². The zero-order valence-electron chi connectivity index (χ0n) is 9.56. The van der Waals surface area contributed by atoms with E-state index < -0.39 is 0 Å². The molecule has 0 atom stereocenters. The average molecular weight is 220 g/mol. The highest BCUT2D eigenvalue weighted by atomic mass is 16.5. The number of nitrogens with zero attached hydrogens (tertiary/aromatic N) is 1. The van der Waals surface area contributed by atoms with E-state index in [1.807, 2.05) is 32.0 Å². The maximum atomic E-state index is 11.8. The van der Waals surface area contributed by atoms with E-state index in [1.165, 1.54) is 0 Å². The van der Waals surface area contributed by atoms with Crippen LogP contribution < -0.4 is 15.4 Å². The third-order valence-electron chi connectivity index (χ3n) is 2.65. The Labute approximate surface area is 95.0 Å². The number of anilines is 1. The lowest BCUT2D eigenvalue weighted by molar-refractivity contribution is -0.121. The number of hydrogen-bond donors (Lipinski definition) is 1. The van der Waals surface area contributed by atoms with E-state index >= 15 is 0 Å². The van der Waals surface area contributed by atoms with Gasteiger partial charge in [0, 0.05) is 12.6 Å². The van der Waals surface area contributed by atoms with Crippen molar-refractivity contribution in [2.24, 2.45) is 5.73 Å². The summed E-state index contributed by atoms with van der Waals surface area (Å²) in [5, 5.41) is 0. The minimum Gasteiger partial charge on any atom is -0.482 e. The van der Waals surface area contributed by atoms with Crippen LogP contribution in [0.1, 0.15) is 19.4 Å². The molecule has 1 aliphatic rings. The quantitative estimate of drug-likeness (QED) is 0.816. The Morgan fingerprint density at radius 1 is 1.50 bits per heavy atom. The van der Waals surface area contributed by atoms with E-state index in [-0.39, 0.29) is 18.6 Å². The Balaban J connectivity index is 2.48. The Morgan fingerprint density at radius 3 is 2.88 bits per heavy atom. The first-order valence-electron chi connectivity index (χ1n) is 5.41. The fourth-order valence-corrected chi connectivity index (χ4v) is 1.91. The van der Waals surface area contributed by atoms with Crippen molar-refractivity contribution in [2.45, 2.75) is 26.4 Å². The number of ether oxygens (including phenoxy) is 1. The predicted molar refractivity (Wildman–Crippen MR) is 62.5 cm³/mol. The summed E-state index contributed by atoms with van der Waals surface area (Å²) in [5.74, 6) is 0.752. The number of amides is 1. The van der Waals surface area contributed by atoms with E-state index in [1.54, 1.807) is 4.90 Å². The SMILES string of the molecule is CC(C)N1C(=O)COc2ccc(CN)cc21. The van der Waals surface area contributed by atoms with Gasteiger partial charge in [0.25, 0.3) is 5.91 Å². The maximum absolute atomic E-state index is 11.8. The van der Waals surface area contributed by atoms with E-state index in [9.17, 15) is 4.79 Å². The van der Waals surface area contributed by atoms with Gasteiger partial charge in [-0.05, 0) is 31.5 Å². The van der Waals surface area contributed by atoms with Gasteiger partial charge >= 0.3 is 0 Å². The Morgan fingerprint density at radius 2 is 2.25 bits per heavy atom. The minimum absolute atomic E-state index is 0.00308. The molecule has 0 saturated carbocycles. The van der Waals surface area contributed by atoms with Crippen LogP contribution in [0, 0.1) is 0 Å². The molecular weight excluding hydrogens is 204 g/mol. The molecule has 4 heteroatoms. The van der Waals surface area contributed by atoms with Gasteiger partial charge in [0.1, 0.15) is 5.75 Å². The molecule has 16 heavy (non-hydrogen) atoms. The summed E-state index contributed by atoms with van der Waals surface area (Å²) in [6.07, 6.45) is 0. The van der Waals surface area contributed by atoms with Gasteiger partial charge in [-0.25, -0.2) is 0 Å². The Kier molecular flexibility index (Phi) is 2.83. The number of fused-ring (bicyclic) bond motifs is 1. The van der Waals surface area contributed by atoms with Gasteiger partial charge in [0.15, 0.2) is 6.61 Å². The molecular formula is C12H16N2O2. The number of nitrogens with two attached hydrogens (primary N) is 1. The molecule has 0 bridgehead atoms. The monoisotopic (exact) mass is 220 g/mol. The molecule has 1 amide bonds. The predicted octanol–water partition coefficient (Wildman–Crippen LogP) is 1.28. The van der Waals surface area contributed by atoms with Gasteiger partial charge in [0.2, 0.25) is 0 Å². The molecule has 0 unspecified atom stereocenters. The fourth-order valence-electron chi connectivity index (χ4n) is 1.91. The first-order chi connectivity index (χ1) is 7.63. The van der Waals surface area contributed by atoms with Crippen LogP contribution in [-0.4, -0.2) is 18.6 Å². The molecule has 1 aromatic rings. The van der Waals surface area contributed by atoms with Crippen LogP contribution >= 0.6 is 0 Å². The van der Waals surface area contributed by atoms with E-state index in [4.69, 9.17) is 10.5 Å². The lowest BCUT2D eigenvalue weighted by Gasteiger charge is -2.32. The second-order valence-electron chi connectivity index (χ2n) is 4.15. The number of hydrogen-bond acceptors (Lipinski definition) is 3. The second-order valence-corrected chi connectivity index (χ2v) is 4.15. The van der Waals surface area contributed by atoms with Crippen molar-refractivity contribution in [3.8, 4) is 5.75 Å². The Bertz CT molecular complexity index is 415. The summed E-state index contributed by atoms with van der Waals surface area (Å²) in [5.41, 5.74) is 7.43. The van der Waals surface area contributed by atoms with Gasteiger partial charge in [-0.3, -0.25) is 4.79 Å². The molecule has 0 fully saturated rings. The highest BCUT2D eigenvalue weighted by Gasteiger charge is 2.27. The maximum Gasteiger partial charge on any atom is 0.265 e. The first-order valence-corrected chi connectivity index (χ1v) is 5.41. The van der Waals surface area contributed by atoms with Crippen LogP contribution in [0.4, 0.5) is 5.69 Å². The summed E-state index contributed by atoms with van der Waals surface area (Å²) < 4.78 is 5.38. The molecule has 4 nitrogen and oxygen atoms in total. The molecule has 2 N–H and O–H groups in total. The van der Waals surface area contributed by atoms with Crippen molar-refractivity contribution >= 4 is 11.6 Å². The van der Waals surface area contributed by atoms with Crippen molar-refractivity contribution in [3.05, 3.63) is 23.8 Å². The van der Waals surface area contributed by atoms with Gasteiger partial charge < -0.3 is 15.4 Å². The summed E-state index contributed by atoms with van der Waals surface area (Å²) >= 11 is 0. The van der Waals surface area contributed by atoms with Crippen molar-refractivity contribution < 1.29 is 9.53 Å². The summed E-state index contributed by atoms with van der Waals surface area (Å²) in [4.78, 5) is 13.5. The van der Waals surface area contributed by atoms with Crippen LogP contribution in [0.2, 0.25) is 0 Å². The Hall–Kier alpha value is -1.55. The summed E-state index contributed by atoms with van der Waals surface area (Å²) in [7, 11) is 0. The molecule has 0 spiro atoms. The molecule has 0 aromatic heterocycles. The summed E-state index contributed by atoms with van der Waals surface area (Å²) in [6, 6.07) is 5.85. The van der Waals surface area contributed by atoms with Crippen molar-refractivity contribution in [1.29, 1.82) is 0 Å². The highest BCUT2D eigenvalue weighted by molar-refractivity contribution is 5.98. The third kappa shape index (κ3) is 1.76. The van der Waals surface area contributed by atoms with Crippen LogP contribution in [-0.2, 0) is 11.3 Å². The number of carbonyl (C=O) groups excluding carboxylic acids is 1. The van der Waals surface area contributed by atoms with Crippen molar-refractivity contribution in [1.82, 2.24) is 0 Å². The molecule has 0 saturated heterocycles. The molecule has 1 aromatic carbocycles. The number of benzene rings is 1. The first kappa shape index (κ1) is 11.0. The lowest BCUT2D eigenvalue weighted by atomic mass is 10.1. The molecule has 1 heterocycles. The van der Waals surface area contributed by atoms with Gasteiger partial charge in [-0.15, -0.1) is 0 Å². The minimum atomic E-state index is -0.00308. The standard InChI is InChI=1S/C12H16N2O2/c1-8(2)14-10-5-9(6-13)3-4-11(10)16-7-12(14)15/h3-5,8H,6-7,13H2,1-2H3. The van der Waals surface area contributed by atoms with Gasteiger partial charge in [-0.2, -0.15) is 0 Å². The molecule has 0 aliphatic carbocycles. The number of carbonyl (C=O) groups is 1. The largest absolute Gasteiger partial charge is 0.482 e. The van der Waals surface area contributed by atoms with E-state index in [0.29, 0.717) is 6.54 Å². The molecule has 1 aliphatic heterocycles. The topological polar surface area (TPSA) is 55.6 Å². The lowest BCUT2D eigenvalue weighted by Crippen LogP contribution is -2.43. The zero-order chi connectivity index (χ0) is 11.7. The van der Waals surface area contributed by atoms with Gasteiger partial charge in [-0.1, -0.05) is 6.07 Å². The normalized spacial score (nSPS) is 15.0. The highest BCUT2D eigenvalue weighted by Crippen LogP contribution is 2.34. The molecule has 2 rings (SSSR count). The van der Waals surface area contributed by atoms with Crippen molar-refractivity contribution in [2.75, 3.05) is 11.5 Å². The molecule has 86 valence electrons. The second kappa shape index (κ2) is 4.14. The van der Waals surface area contributed by atoms with E-state index in [2.05, 4.69) is 0 Å². The van der Waals surface area contributed by atoms with Gasteiger partial charge in [0.05, 0.1) is 5.69 Å². The zero-order valence-corrected chi connectivity index (χ0v) is 9.56. The van der Waals surface area contributed by atoms with Crippen molar-refractivity contribution in [3.63, 3.8) is 0 Å².